The second-order valence-electron chi connectivity index (χ2n) is 7.35. The molecule has 0 radical (unpaired) electrons. The van der Waals surface area contributed by atoms with Crippen LogP contribution in [0.1, 0.15) is 29.0 Å². The van der Waals surface area contributed by atoms with Crippen molar-refractivity contribution in [1.82, 2.24) is 14.9 Å². The zero-order valence-electron chi connectivity index (χ0n) is 16.6. The van der Waals surface area contributed by atoms with Gasteiger partial charge in [0.1, 0.15) is 11.6 Å². The van der Waals surface area contributed by atoms with Crippen LogP contribution in [0.5, 0.6) is 11.5 Å². The number of aromatic nitrogens is 2. The predicted molar refractivity (Wildman–Crippen MR) is 108 cm³/mol. The second-order valence-corrected chi connectivity index (χ2v) is 7.35. The minimum atomic E-state index is -0.286. The summed E-state index contributed by atoms with van der Waals surface area (Å²) in [5.41, 5.74) is 2.07. The van der Waals surface area contributed by atoms with Gasteiger partial charge >= 0.3 is 0 Å². The Morgan fingerprint density at radius 2 is 2.03 bits per heavy atom. The van der Waals surface area contributed by atoms with E-state index in [2.05, 4.69) is 14.9 Å². The van der Waals surface area contributed by atoms with Gasteiger partial charge in [-0.2, -0.15) is 0 Å². The summed E-state index contributed by atoms with van der Waals surface area (Å²) in [7, 11) is 3.14. The molecule has 6 nitrogen and oxygen atoms in total. The third-order valence-corrected chi connectivity index (χ3v) is 5.41. The lowest BCUT2D eigenvalue weighted by Gasteiger charge is -2.31. The number of ketones is 1. The first kappa shape index (κ1) is 19.4. The Kier molecular flexibility index (Phi) is 5.49. The molecule has 1 aliphatic rings. The number of carbonyl (C=O) groups excluding carboxylic acids is 1. The van der Waals surface area contributed by atoms with Crippen LogP contribution in [0.25, 0.3) is 11.0 Å². The molecule has 0 amide bonds. The first-order valence-corrected chi connectivity index (χ1v) is 9.70. The van der Waals surface area contributed by atoms with Gasteiger partial charge in [0.2, 0.25) is 0 Å². The van der Waals surface area contributed by atoms with Crippen LogP contribution >= 0.6 is 0 Å². The van der Waals surface area contributed by atoms with Gasteiger partial charge in [-0.25, -0.2) is 9.37 Å². The fourth-order valence-electron chi connectivity index (χ4n) is 3.96. The molecule has 1 saturated heterocycles. The molecule has 0 bridgehead atoms. The summed E-state index contributed by atoms with van der Waals surface area (Å²) >= 11 is 0. The van der Waals surface area contributed by atoms with Crippen molar-refractivity contribution in [2.24, 2.45) is 5.92 Å². The normalized spacial score (nSPS) is 17.4. The van der Waals surface area contributed by atoms with Gasteiger partial charge in [-0.1, -0.05) is 0 Å². The van der Waals surface area contributed by atoms with Gasteiger partial charge in [-0.15, -0.1) is 0 Å². The summed E-state index contributed by atoms with van der Waals surface area (Å²) in [5.74, 6) is 1.69. The van der Waals surface area contributed by atoms with Gasteiger partial charge in [-0.05, 0) is 55.8 Å². The van der Waals surface area contributed by atoms with Crippen molar-refractivity contribution in [1.29, 1.82) is 0 Å². The molecule has 1 aromatic heterocycles. The molecule has 0 unspecified atom stereocenters. The largest absolute Gasteiger partial charge is 0.493 e. The van der Waals surface area contributed by atoms with E-state index in [1.54, 1.807) is 38.5 Å². The molecule has 0 saturated carbocycles. The number of carbonyl (C=O) groups is 1. The summed E-state index contributed by atoms with van der Waals surface area (Å²) in [5, 5.41) is 0. The summed E-state index contributed by atoms with van der Waals surface area (Å²) in [6.07, 6.45) is 1.80. The number of aromatic amines is 1. The predicted octanol–water partition coefficient (Wildman–Crippen LogP) is 3.81. The highest BCUT2D eigenvalue weighted by atomic mass is 19.1. The molecule has 152 valence electrons. The highest BCUT2D eigenvalue weighted by Gasteiger charge is 2.27. The summed E-state index contributed by atoms with van der Waals surface area (Å²) < 4.78 is 24.0. The van der Waals surface area contributed by atoms with Crippen molar-refractivity contribution in [3.8, 4) is 11.5 Å². The number of halogens is 1. The van der Waals surface area contributed by atoms with Crippen molar-refractivity contribution in [2.45, 2.75) is 19.4 Å². The number of piperidine rings is 1. The number of hydrogen-bond acceptors (Lipinski definition) is 5. The number of imidazole rings is 1. The Balaban J connectivity index is 1.46. The van der Waals surface area contributed by atoms with Crippen molar-refractivity contribution in [3.05, 3.63) is 53.6 Å². The molecule has 1 N–H and O–H groups in total. The Labute approximate surface area is 168 Å². The molecule has 29 heavy (non-hydrogen) atoms. The maximum Gasteiger partial charge on any atom is 0.167 e. The summed E-state index contributed by atoms with van der Waals surface area (Å²) in [4.78, 5) is 23.0. The second kappa shape index (κ2) is 8.21. The number of methoxy groups -OCH3 is 2. The SMILES string of the molecule is COc1ccc(C(=O)[C@@H]2CCCN(Cc3nc4ccc(F)cc4[nH]3)C2)cc1OC. The number of fused-ring (bicyclic) bond motifs is 1. The van der Waals surface area contributed by atoms with Crippen molar-refractivity contribution < 1.29 is 18.7 Å². The third-order valence-electron chi connectivity index (χ3n) is 5.41. The molecular formula is C22H24FN3O3. The molecule has 7 heteroatoms. The minimum Gasteiger partial charge on any atom is -0.493 e. The van der Waals surface area contributed by atoms with E-state index in [9.17, 15) is 9.18 Å². The molecule has 2 heterocycles. The van der Waals surface area contributed by atoms with E-state index in [0.29, 0.717) is 35.7 Å². The molecular weight excluding hydrogens is 373 g/mol. The van der Waals surface area contributed by atoms with Crippen LogP contribution in [-0.4, -0.2) is 48.0 Å². The first-order chi connectivity index (χ1) is 14.1. The third kappa shape index (κ3) is 4.10. The Morgan fingerprint density at radius 3 is 2.83 bits per heavy atom. The van der Waals surface area contributed by atoms with Crippen molar-refractivity contribution in [3.63, 3.8) is 0 Å². The maximum atomic E-state index is 13.4. The monoisotopic (exact) mass is 397 g/mol. The average molecular weight is 397 g/mol. The van der Waals surface area contributed by atoms with Crippen molar-refractivity contribution >= 4 is 16.8 Å². The fraction of sp³-hybridized carbons (Fsp3) is 0.364. The van der Waals surface area contributed by atoms with E-state index in [0.717, 1.165) is 30.7 Å². The first-order valence-electron chi connectivity index (χ1n) is 9.70. The molecule has 0 aliphatic carbocycles. The van der Waals surface area contributed by atoms with E-state index in [-0.39, 0.29) is 17.5 Å². The Bertz CT molecular complexity index is 1030. The van der Waals surface area contributed by atoms with Gasteiger partial charge in [0.25, 0.3) is 0 Å². The van der Waals surface area contributed by atoms with Crippen LogP contribution in [0.2, 0.25) is 0 Å². The van der Waals surface area contributed by atoms with Gasteiger partial charge < -0.3 is 14.5 Å². The molecule has 1 atom stereocenters. The van der Waals surface area contributed by atoms with Gasteiger partial charge in [0.05, 0.1) is 31.8 Å². The lowest BCUT2D eigenvalue weighted by molar-refractivity contribution is 0.0808. The number of rotatable bonds is 6. The van der Waals surface area contributed by atoms with Crippen LogP contribution in [0.3, 0.4) is 0 Å². The van der Waals surface area contributed by atoms with E-state index in [1.165, 1.54) is 12.1 Å². The molecule has 2 aromatic carbocycles. The van der Waals surface area contributed by atoms with Crippen LogP contribution < -0.4 is 9.47 Å². The number of benzene rings is 2. The molecule has 4 rings (SSSR count). The van der Waals surface area contributed by atoms with Gasteiger partial charge in [0.15, 0.2) is 17.3 Å². The average Bonchev–Trinajstić information content (AvgIpc) is 3.14. The molecule has 3 aromatic rings. The van der Waals surface area contributed by atoms with Crippen LogP contribution in [-0.2, 0) is 6.54 Å². The summed E-state index contributed by atoms with van der Waals surface area (Å²) in [6, 6.07) is 9.83. The lowest BCUT2D eigenvalue weighted by Crippen LogP contribution is -2.38. The maximum absolute atomic E-state index is 13.4. The quantitative estimate of drug-likeness (QED) is 0.641. The summed E-state index contributed by atoms with van der Waals surface area (Å²) in [6.45, 7) is 2.17. The highest BCUT2D eigenvalue weighted by molar-refractivity contribution is 5.98. The molecule has 1 aliphatic heterocycles. The molecule has 0 spiro atoms. The lowest BCUT2D eigenvalue weighted by atomic mass is 9.90. The number of nitrogens with zero attached hydrogens (tertiary/aromatic N) is 2. The van der Waals surface area contributed by atoms with Crippen molar-refractivity contribution in [2.75, 3.05) is 27.3 Å². The number of Topliss-reactive ketones (excluding diaryl/α,β-unsaturated/α-hetero) is 1. The number of ether oxygens (including phenoxy) is 2. The van der Waals surface area contributed by atoms with E-state index in [4.69, 9.17) is 9.47 Å². The number of likely N-dealkylation sites (tertiary alicyclic amines) is 1. The van der Waals surface area contributed by atoms with Gasteiger partial charge in [-0.3, -0.25) is 9.69 Å². The smallest absolute Gasteiger partial charge is 0.167 e. The van der Waals surface area contributed by atoms with E-state index in [1.807, 2.05) is 0 Å². The van der Waals surface area contributed by atoms with E-state index >= 15 is 0 Å². The number of nitrogens with one attached hydrogen (secondary N) is 1. The standard InChI is InChI=1S/C22H24FN3O3/c1-28-19-8-5-14(10-20(19)29-2)22(27)15-4-3-9-26(12-15)13-21-24-17-7-6-16(23)11-18(17)25-21/h5-8,10-11,15H,3-4,9,12-13H2,1-2H3,(H,24,25)/t15-/m1/s1. The fourth-order valence-corrected chi connectivity index (χ4v) is 3.96. The zero-order chi connectivity index (χ0) is 20.4. The minimum absolute atomic E-state index is 0.0799. The van der Waals surface area contributed by atoms with Gasteiger partial charge in [0, 0.05) is 18.0 Å². The number of hydrogen-bond donors (Lipinski definition) is 1. The number of H-pyrrole nitrogens is 1. The van der Waals surface area contributed by atoms with Crippen LogP contribution in [0.4, 0.5) is 4.39 Å². The van der Waals surface area contributed by atoms with E-state index < -0.39 is 0 Å². The topological polar surface area (TPSA) is 67.5 Å². The zero-order valence-corrected chi connectivity index (χ0v) is 16.6. The Hall–Kier alpha value is -2.93. The Morgan fingerprint density at radius 1 is 1.21 bits per heavy atom. The van der Waals surface area contributed by atoms with Crippen LogP contribution in [0.15, 0.2) is 36.4 Å². The van der Waals surface area contributed by atoms with Crippen LogP contribution in [0, 0.1) is 11.7 Å². The highest BCUT2D eigenvalue weighted by Crippen LogP contribution is 2.30. The molecule has 1 fully saturated rings.